The second-order valence-electron chi connectivity index (χ2n) is 6.51. The van der Waals surface area contributed by atoms with Gasteiger partial charge in [-0.1, -0.05) is 11.6 Å². The lowest BCUT2D eigenvalue weighted by Gasteiger charge is -2.34. The van der Waals surface area contributed by atoms with Crippen LogP contribution in [0.1, 0.15) is 12.1 Å². The van der Waals surface area contributed by atoms with Crippen molar-refractivity contribution < 1.29 is 8.78 Å². The number of halogens is 3. The summed E-state index contributed by atoms with van der Waals surface area (Å²) in [5.41, 5.74) is 8.00. The standard InChI is InChI=1S/C18H18ClF2N5/c19-11-1-3-13(23-8-11)9-26-17-7-12(20)2-4-16(17)24-18(26)25-6-5-14(21)15(22)10-25/h1-4,7-8,14-15H,5-6,9-10,22H2/t14-,15-/m1/s1. The minimum atomic E-state index is -1.01. The molecule has 0 unspecified atom stereocenters. The lowest BCUT2D eigenvalue weighted by molar-refractivity contribution is 0.243. The van der Waals surface area contributed by atoms with E-state index in [-0.39, 0.29) is 5.82 Å². The fourth-order valence-electron chi connectivity index (χ4n) is 3.28. The molecule has 1 saturated heterocycles. The minimum absolute atomic E-state index is 0.339. The summed E-state index contributed by atoms with van der Waals surface area (Å²) in [4.78, 5) is 10.9. The third kappa shape index (κ3) is 3.24. The molecule has 2 N–H and O–H groups in total. The van der Waals surface area contributed by atoms with Crippen molar-refractivity contribution in [1.82, 2.24) is 14.5 Å². The number of hydrogen-bond donors (Lipinski definition) is 1. The Morgan fingerprint density at radius 1 is 1.27 bits per heavy atom. The lowest BCUT2D eigenvalue weighted by Crippen LogP contribution is -2.50. The highest BCUT2D eigenvalue weighted by molar-refractivity contribution is 6.30. The molecule has 1 aliphatic rings. The maximum atomic E-state index is 13.8. The van der Waals surface area contributed by atoms with Crippen LogP contribution in [0.2, 0.25) is 5.02 Å². The van der Waals surface area contributed by atoms with E-state index in [1.807, 2.05) is 15.5 Å². The third-order valence-electron chi connectivity index (χ3n) is 4.65. The quantitative estimate of drug-likeness (QED) is 0.761. The van der Waals surface area contributed by atoms with E-state index in [4.69, 9.17) is 17.3 Å². The summed E-state index contributed by atoms with van der Waals surface area (Å²) in [7, 11) is 0. The molecule has 136 valence electrons. The van der Waals surface area contributed by atoms with Gasteiger partial charge in [-0.15, -0.1) is 0 Å². The predicted octanol–water partition coefficient (Wildman–Crippen LogP) is 3.15. The van der Waals surface area contributed by atoms with Crippen molar-refractivity contribution in [2.45, 2.75) is 25.2 Å². The molecule has 1 fully saturated rings. The number of hydrogen-bond acceptors (Lipinski definition) is 4. The maximum absolute atomic E-state index is 13.8. The zero-order chi connectivity index (χ0) is 18.3. The first-order valence-corrected chi connectivity index (χ1v) is 8.80. The van der Waals surface area contributed by atoms with Crippen molar-refractivity contribution in [1.29, 1.82) is 0 Å². The average molecular weight is 378 g/mol. The number of piperidine rings is 1. The molecule has 2 atom stereocenters. The molecule has 8 heteroatoms. The van der Waals surface area contributed by atoms with Crippen molar-refractivity contribution in [3.05, 3.63) is 53.1 Å². The average Bonchev–Trinajstić information content (AvgIpc) is 2.97. The Hall–Kier alpha value is -2.25. The van der Waals surface area contributed by atoms with Crippen LogP contribution in [0.4, 0.5) is 14.7 Å². The molecule has 0 amide bonds. The van der Waals surface area contributed by atoms with Crippen LogP contribution in [-0.4, -0.2) is 39.8 Å². The number of pyridine rings is 1. The Bertz CT molecular complexity index is 927. The fraction of sp³-hybridized carbons (Fsp3) is 0.333. The summed E-state index contributed by atoms with van der Waals surface area (Å²) < 4.78 is 29.5. The van der Waals surface area contributed by atoms with Gasteiger partial charge >= 0.3 is 0 Å². The number of fused-ring (bicyclic) bond motifs is 1. The molecule has 1 aromatic carbocycles. The van der Waals surface area contributed by atoms with Crippen LogP contribution in [0.25, 0.3) is 11.0 Å². The first-order valence-electron chi connectivity index (χ1n) is 8.42. The van der Waals surface area contributed by atoms with E-state index < -0.39 is 12.2 Å². The molecule has 4 rings (SSSR count). The molecule has 0 aliphatic carbocycles. The number of benzene rings is 1. The van der Waals surface area contributed by atoms with E-state index in [0.29, 0.717) is 48.1 Å². The Labute approximate surface area is 154 Å². The van der Waals surface area contributed by atoms with Crippen LogP contribution in [0.3, 0.4) is 0 Å². The van der Waals surface area contributed by atoms with Crippen molar-refractivity contribution in [2.75, 3.05) is 18.0 Å². The largest absolute Gasteiger partial charge is 0.340 e. The number of nitrogens with zero attached hydrogens (tertiary/aromatic N) is 4. The molecule has 5 nitrogen and oxygen atoms in total. The molecule has 0 bridgehead atoms. The van der Waals surface area contributed by atoms with Gasteiger partial charge in [0.25, 0.3) is 0 Å². The number of rotatable bonds is 3. The van der Waals surface area contributed by atoms with Gasteiger partial charge in [-0.25, -0.2) is 13.8 Å². The van der Waals surface area contributed by atoms with E-state index in [2.05, 4.69) is 9.97 Å². The highest BCUT2D eigenvalue weighted by Crippen LogP contribution is 2.27. The number of imidazole rings is 1. The molecular weight excluding hydrogens is 360 g/mol. The summed E-state index contributed by atoms with van der Waals surface area (Å²) >= 11 is 5.90. The Morgan fingerprint density at radius 3 is 2.85 bits per heavy atom. The number of anilines is 1. The molecular formula is C18H18ClF2N5. The normalized spacial score (nSPS) is 20.7. The highest BCUT2D eigenvalue weighted by atomic mass is 35.5. The van der Waals surface area contributed by atoms with E-state index in [9.17, 15) is 8.78 Å². The van der Waals surface area contributed by atoms with Crippen LogP contribution in [0.15, 0.2) is 36.5 Å². The maximum Gasteiger partial charge on any atom is 0.206 e. The molecule has 3 heterocycles. The van der Waals surface area contributed by atoms with Crippen molar-refractivity contribution in [3.63, 3.8) is 0 Å². The molecule has 0 radical (unpaired) electrons. The van der Waals surface area contributed by atoms with Gasteiger partial charge in [-0.3, -0.25) is 4.98 Å². The number of nitrogens with two attached hydrogens (primary N) is 1. The van der Waals surface area contributed by atoms with Crippen LogP contribution < -0.4 is 10.6 Å². The monoisotopic (exact) mass is 377 g/mol. The van der Waals surface area contributed by atoms with Gasteiger partial charge in [-0.2, -0.15) is 0 Å². The molecule has 2 aromatic heterocycles. The topological polar surface area (TPSA) is 60.0 Å². The minimum Gasteiger partial charge on any atom is -0.340 e. The lowest BCUT2D eigenvalue weighted by atomic mass is 10.1. The summed E-state index contributed by atoms with van der Waals surface area (Å²) in [6.07, 6.45) is 0.901. The third-order valence-corrected chi connectivity index (χ3v) is 4.88. The van der Waals surface area contributed by atoms with E-state index in [1.165, 1.54) is 12.1 Å². The Kier molecular flexibility index (Phi) is 4.50. The van der Waals surface area contributed by atoms with Gasteiger partial charge in [0.15, 0.2) is 0 Å². The second kappa shape index (κ2) is 6.81. The van der Waals surface area contributed by atoms with Gasteiger partial charge in [0.05, 0.1) is 34.3 Å². The summed E-state index contributed by atoms with van der Waals surface area (Å²) in [5, 5.41) is 0.548. The summed E-state index contributed by atoms with van der Waals surface area (Å²) in [6.45, 7) is 1.27. The Balaban J connectivity index is 1.77. The highest BCUT2D eigenvalue weighted by Gasteiger charge is 2.29. The summed E-state index contributed by atoms with van der Waals surface area (Å²) in [6, 6.07) is 7.47. The van der Waals surface area contributed by atoms with Crippen molar-refractivity contribution in [3.8, 4) is 0 Å². The zero-order valence-corrected chi connectivity index (χ0v) is 14.7. The Morgan fingerprint density at radius 2 is 2.12 bits per heavy atom. The molecule has 26 heavy (non-hydrogen) atoms. The molecule has 0 spiro atoms. The van der Waals surface area contributed by atoms with Crippen LogP contribution in [-0.2, 0) is 6.54 Å². The van der Waals surface area contributed by atoms with Gasteiger partial charge in [0.2, 0.25) is 5.95 Å². The van der Waals surface area contributed by atoms with E-state index in [1.54, 1.807) is 18.3 Å². The van der Waals surface area contributed by atoms with Gasteiger partial charge < -0.3 is 15.2 Å². The van der Waals surface area contributed by atoms with Gasteiger partial charge in [0, 0.05) is 19.3 Å². The molecule has 1 aliphatic heterocycles. The first kappa shape index (κ1) is 17.2. The predicted molar refractivity (Wildman–Crippen MR) is 97.7 cm³/mol. The molecule has 0 saturated carbocycles. The smallest absolute Gasteiger partial charge is 0.206 e. The SMILES string of the molecule is N[C@@H]1CN(c2nc3ccc(F)cc3n2Cc2ccc(Cl)cn2)CC[C@H]1F. The number of alkyl halides is 1. The summed E-state index contributed by atoms with van der Waals surface area (Å²) in [5.74, 6) is 0.304. The first-order chi connectivity index (χ1) is 12.5. The van der Waals surface area contributed by atoms with Crippen LogP contribution in [0.5, 0.6) is 0 Å². The van der Waals surface area contributed by atoms with Crippen molar-refractivity contribution in [2.24, 2.45) is 5.73 Å². The van der Waals surface area contributed by atoms with Gasteiger partial charge in [0.1, 0.15) is 12.0 Å². The van der Waals surface area contributed by atoms with Gasteiger partial charge in [-0.05, 0) is 36.8 Å². The van der Waals surface area contributed by atoms with E-state index in [0.717, 1.165) is 5.69 Å². The fourth-order valence-corrected chi connectivity index (χ4v) is 3.39. The second-order valence-corrected chi connectivity index (χ2v) is 6.95. The van der Waals surface area contributed by atoms with E-state index >= 15 is 0 Å². The van der Waals surface area contributed by atoms with Crippen molar-refractivity contribution >= 4 is 28.6 Å². The number of aromatic nitrogens is 3. The van der Waals surface area contributed by atoms with Crippen LogP contribution in [0, 0.1) is 5.82 Å². The van der Waals surface area contributed by atoms with Crippen LogP contribution >= 0.6 is 11.6 Å². The molecule has 3 aromatic rings. The zero-order valence-electron chi connectivity index (χ0n) is 13.9.